The fourth-order valence-corrected chi connectivity index (χ4v) is 3.03. The summed E-state index contributed by atoms with van der Waals surface area (Å²) in [5, 5.41) is 0.872. The van der Waals surface area contributed by atoms with E-state index in [4.69, 9.17) is 4.42 Å². The van der Waals surface area contributed by atoms with Crippen molar-refractivity contribution in [3.63, 3.8) is 0 Å². The number of fused-ring (bicyclic) bond motifs is 2. The van der Waals surface area contributed by atoms with Crippen molar-refractivity contribution < 1.29 is 13.6 Å². The van der Waals surface area contributed by atoms with E-state index in [1.165, 1.54) is 11.0 Å². The van der Waals surface area contributed by atoms with Crippen molar-refractivity contribution in [1.82, 2.24) is 0 Å². The lowest BCUT2D eigenvalue weighted by molar-refractivity contribution is 0.0959. The summed E-state index contributed by atoms with van der Waals surface area (Å²) in [7, 11) is 0. The lowest BCUT2D eigenvalue weighted by atomic mass is 10.0. The topological polar surface area (TPSA) is 33.5 Å². The number of aryl methyl sites for hydroxylation is 1. The molecule has 22 heavy (non-hydrogen) atoms. The van der Waals surface area contributed by atoms with Crippen LogP contribution >= 0.6 is 0 Å². The average Bonchev–Trinajstić information content (AvgIpc) is 2.98. The van der Waals surface area contributed by atoms with Gasteiger partial charge in [0.05, 0.1) is 5.69 Å². The molecule has 110 valence electrons. The van der Waals surface area contributed by atoms with Gasteiger partial charge >= 0.3 is 0 Å². The third-order valence-electron chi connectivity index (χ3n) is 4.05. The van der Waals surface area contributed by atoms with Gasteiger partial charge in [0, 0.05) is 11.9 Å². The molecule has 1 amide bonds. The number of carbonyl (C=O) groups excluding carboxylic acids is 1. The number of rotatable bonds is 1. The van der Waals surface area contributed by atoms with Gasteiger partial charge in [0.1, 0.15) is 11.4 Å². The molecular weight excluding hydrogens is 281 g/mol. The third kappa shape index (κ3) is 1.99. The number of amides is 1. The highest BCUT2D eigenvalue weighted by Crippen LogP contribution is 2.32. The number of hydrogen-bond donors (Lipinski definition) is 0. The zero-order chi connectivity index (χ0) is 15.1. The molecule has 0 saturated heterocycles. The predicted molar refractivity (Wildman–Crippen MR) is 82.6 cm³/mol. The molecule has 1 aromatic heterocycles. The van der Waals surface area contributed by atoms with E-state index in [1.807, 2.05) is 30.3 Å². The molecule has 0 saturated carbocycles. The van der Waals surface area contributed by atoms with E-state index in [-0.39, 0.29) is 17.5 Å². The second kappa shape index (κ2) is 4.98. The standard InChI is InChI=1S/C18H14FNO2/c19-14-8-3-6-12-7-4-10-20(17(12)14)18(21)16-11-13-5-1-2-9-15(13)22-16/h1-3,5-6,8-9,11H,4,7,10H2. The lowest BCUT2D eigenvalue weighted by Crippen LogP contribution is -2.36. The molecule has 0 aliphatic carbocycles. The third-order valence-corrected chi connectivity index (χ3v) is 4.05. The van der Waals surface area contributed by atoms with E-state index in [0.717, 1.165) is 23.8 Å². The monoisotopic (exact) mass is 295 g/mol. The summed E-state index contributed by atoms with van der Waals surface area (Å²) in [6.07, 6.45) is 1.61. The minimum atomic E-state index is -0.360. The Hall–Kier alpha value is -2.62. The summed E-state index contributed by atoms with van der Waals surface area (Å²) < 4.78 is 19.8. The molecule has 0 atom stereocenters. The molecule has 0 fully saturated rings. The smallest absolute Gasteiger partial charge is 0.294 e. The Morgan fingerprint density at radius 2 is 2.00 bits per heavy atom. The SMILES string of the molecule is O=C(c1cc2ccccc2o1)N1CCCc2cccc(F)c21. The molecule has 0 N–H and O–H groups in total. The summed E-state index contributed by atoms with van der Waals surface area (Å²) in [5.74, 6) is -0.402. The predicted octanol–water partition coefficient (Wildman–Crippen LogP) is 4.16. The van der Waals surface area contributed by atoms with Crippen LogP contribution in [0.3, 0.4) is 0 Å². The van der Waals surface area contributed by atoms with Crippen LogP contribution in [0.2, 0.25) is 0 Å². The first-order chi connectivity index (χ1) is 10.7. The van der Waals surface area contributed by atoms with Crippen molar-refractivity contribution >= 4 is 22.6 Å². The van der Waals surface area contributed by atoms with Gasteiger partial charge in [-0.2, -0.15) is 0 Å². The summed E-state index contributed by atoms with van der Waals surface area (Å²) in [6, 6.07) is 14.1. The van der Waals surface area contributed by atoms with Crippen LogP contribution in [0, 0.1) is 5.82 Å². The first-order valence-electron chi connectivity index (χ1n) is 7.32. The molecule has 0 spiro atoms. The van der Waals surface area contributed by atoms with Crippen molar-refractivity contribution in [1.29, 1.82) is 0 Å². The Morgan fingerprint density at radius 3 is 2.86 bits per heavy atom. The molecule has 2 aromatic carbocycles. The summed E-state index contributed by atoms with van der Waals surface area (Å²) in [5.41, 5.74) is 1.92. The molecule has 1 aliphatic heterocycles. The van der Waals surface area contributed by atoms with Gasteiger partial charge in [-0.1, -0.05) is 30.3 Å². The molecule has 3 aromatic rings. The first kappa shape index (κ1) is 13.1. The van der Waals surface area contributed by atoms with Gasteiger partial charge in [0.2, 0.25) is 0 Å². The Kier molecular flexibility index (Phi) is 2.96. The van der Waals surface area contributed by atoms with Gasteiger partial charge in [-0.15, -0.1) is 0 Å². The Balaban J connectivity index is 1.78. The number of para-hydroxylation sites is 2. The molecule has 0 radical (unpaired) electrons. The minimum Gasteiger partial charge on any atom is -0.451 e. The van der Waals surface area contributed by atoms with Gasteiger partial charge in [0.15, 0.2) is 5.76 Å². The van der Waals surface area contributed by atoms with E-state index in [9.17, 15) is 9.18 Å². The van der Waals surface area contributed by atoms with Gasteiger partial charge in [-0.3, -0.25) is 4.79 Å². The second-order valence-corrected chi connectivity index (χ2v) is 5.46. The summed E-state index contributed by atoms with van der Waals surface area (Å²) in [6.45, 7) is 0.504. The number of nitrogens with zero attached hydrogens (tertiary/aromatic N) is 1. The number of furan rings is 1. The van der Waals surface area contributed by atoms with Crippen molar-refractivity contribution in [2.75, 3.05) is 11.4 Å². The fourth-order valence-electron chi connectivity index (χ4n) is 3.03. The summed E-state index contributed by atoms with van der Waals surface area (Å²) >= 11 is 0. The van der Waals surface area contributed by atoms with Crippen LogP contribution < -0.4 is 4.90 Å². The molecular formula is C18H14FNO2. The highest BCUT2D eigenvalue weighted by atomic mass is 19.1. The van der Waals surface area contributed by atoms with Gasteiger partial charge in [0.25, 0.3) is 5.91 Å². The van der Waals surface area contributed by atoms with Gasteiger partial charge < -0.3 is 9.32 Å². The zero-order valence-corrected chi connectivity index (χ0v) is 11.9. The molecule has 2 heterocycles. The number of anilines is 1. The average molecular weight is 295 g/mol. The lowest BCUT2D eigenvalue weighted by Gasteiger charge is -2.29. The molecule has 4 heteroatoms. The normalized spacial score (nSPS) is 14.1. The number of benzene rings is 2. The molecule has 4 rings (SSSR count). The Morgan fingerprint density at radius 1 is 1.14 bits per heavy atom. The molecule has 3 nitrogen and oxygen atoms in total. The second-order valence-electron chi connectivity index (χ2n) is 5.46. The van der Waals surface area contributed by atoms with Crippen molar-refractivity contribution in [2.24, 2.45) is 0 Å². The maximum Gasteiger partial charge on any atom is 0.294 e. The van der Waals surface area contributed by atoms with E-state index < -0.39 is 0 Å². The van der Waals surface area contributed by atoms with Crippen LogP contribution in [-0.4, -0.2) is 12.5 Å². The molecule has 0 bridgehead atoms. The number of hydrogen-bond acceptors (Lipinski definition) is 2. The van der Waals surface area contributed by atoms with Crippen LogP contribution in [0.4, 0.5) is 10.1 Å². The van der Waals surface area contributed by atoms with E-state index >= 15 is 0 Å². The fraction of sp³-hybridized carbons (Fsp3) is 0.167. The van der Waals surface area contributed by atoms with E-state index in [1.54, 1.807) is 12.1 Å². The van der Waals surface area contributed by atoms with Crippen LogP contribution in [0.25, 0.3) is 11.0 Å². The van der Waals surface area contributed by atoms with E-state index in [2.05, 4.69) is 0 Å². The van der Waals surface area contributed by atoms with Crippen LogP contribution in [-0.2, 0) is 6.42 Å². The quantitative estimate of drug-likeness (QED) is 0.675. The first-order valence-corrected chi connectivity index (χ1v) is 7.32. The highest BCUT2D eigenvalue weighted by Gasteiger charge is 2.28. The Labute approximate surface area is 127 Å². The van der Waals surface area contributed by atoms with Crippen LogP contribution in [0.15, 0.2) is 52.9 Å². The zero-order valence-electron chi connectivity index (χ0n) is 11.9. The van der Waals surface area contributed by atoms with Crippen LogP contribution in [0.1, 0.15) is 22.5 Å². The van der Waals surface area contributed by atoms with Gasteiger partial charge in [-0.25, -0.2) is 4.39 Å². The maximum absolute atomic E-state index is 14.2. The molecule has 0 unspecified atom stereocenters. The van der Waals surface area contributed by atoms with Crippen molar-refractivity contribution in [3.05, 3.63) is 65.7 Å². The van der Waals surface area contributed by atoms with Crippen molar-refractivity contribution in [2.45, 2.75) is 12.8 Å². The van der Waals surface area contributed by atoms with E-state index in [0.29, 0.717) is 17.8 Å². The van der Waals surface area contributed by atoms with Crippen LogP contribution in [0.5, 0.6) is 0 Å². The van der Waals surface area contributed by atoms with Crippen molar-refractivity contribution in [3.8, 4) is 0 Å². The number of carbonyl (C=O) groups is 1. The Bertz CT molecular complexity index is 835. The highest BCUT2D eigenvalue weighted by molar-refractivity contribution is 6.07. The number of halogens is 1. The summed E-state index contributed by atoms with van der Waals surface area (Å²) in [4.78, 5) is 14.2. The molecule has 1 aliphatic rings. The van der Waals surface area contributed by atoms with Gasteiger partial charge in [-0.05, 0) is 36.6 Å². The minimum absolute atomic E-state index is 0.248. The largest absolute Gasteiger partial charge is 0.451 e. The maximum atomic E-state index is 14.2.